The highest BCUT2D eigenvalue weighted by Gasteiger charge is 2.38. The van der Waals surface area contributed by atoms with Crippen molar-refractivity contribution in [2.24, 2.45) is 0 Å². The average Bonchev–Trinajstić information content (AvgIpc) is 2.72. The fourth-order valence-electron chi connectivity index (χ4n) is 2.56. The van der Waals surface area contributed by atoms with Crippen molar-refractivity contribution in [3.05, 3.63) is 35.9 Å². The van der Waals surface area contributed by atoms with Crippen LogP contribution in [0.4, 0.5) is 0 Å². The van der Waals surface area contributed by atoms with Gasteiger partial charge in [0, 0.05) is 5.54 Å². The van der Waals surface area contributed by atoms with Crippen LogP contribution in [0.15, 0.2) is 30.3 Å². The summed E-state index contributed by atoms with van der Waals surface area (Å²) >= 11 is 0. The average molecular weight is 310 g/mol. The Labute approximate surface area is 126 Å². The topological polar surface area (TPSA) is 75.3 Å². The summed E-state index contributed by atoms with van der Waals surface area (Å²) in [5.74, 6) is 0.164. The summed E-state index contributed by atoms with van der Waals surface area (Å²) < 4.78 is 23.0. The number of carbonyl (C=O) groups is 1. The zero-order valence-electron chi connectivity index (χ0n) is 12.4. The van der Waals surface area contributed by atoms with E-state index in [1.165, 1.54) is 0 Å². The van der Waals surface area contributed by atoms with E-state index in [4.69, 9.17) is 0 Å². The second-order valence-corrected chi connectivity index (χ2v) is 8.14. The van der Waals surface area contributed by atoms with Gasteiger partial charge in [0.05, 0.1) is 24.1 Å². The van der Waals surface area contributed by atoms with Crippen LogP contribution in [0.1, 0.15) is 31.9 Å². The van der Waals surface area contributed by atoms with Gasteiger partial charge in [0.2, 0.25) is 5.91 Å². The lowest BCUT2D eigenvalue weighted by molar-refractivity contribution is -0.121. The first-order valence-electron chi connectivity index (χ1n) is 7.09. The Morgan fingerprint density at radius 3 is 2.57 bits per heavy atom. The molecule has 0 radical (unpaired) electrons. The van der Waals surface area contributed by atoms with Crippen molar-refractivity contribution < 1.29 is 13.2 Å². The molecule has 1 heterocycles. The van der Waals surface area contributed by atoms with Crippen molar-refractivity contribution in [2.45, 2.75) is 31.8 Å². The normalized spacial score (nSPS) is 25.4. The SMILES string of the molecule is CC(NC(=O)CNC1(C)CCS(=O)(=O)C1)c1ccccc1. The number of carbonyl (C=O) groups excluding carboxylic acids is 1. The lowest BCUT2D eigenvalue weighted by Crippen LogP contribution is -2.48. The summed E-state index contributed by atoms with van der Waals surface area (Å²) in [6.07, 6.45) is 0.552. The third kappa shape index (κ3) is 4.54. The van der Waals surface area contributed by atoms with Crippen LogP contribution in [0.2, 0.25) is 0 Å². The summed E-state index contributed by atoms with van der Waals surface area (Å²) in [7, 11) is -2.96. The molecular formula is C15H22N2O3S. The molecule has 2 N–H and O–H groups in total. The highest BCUT2D eigenvalue weighted by molar-refractivity contribution is 7.91. The van der Waals surface area contributed by atoms with Crippen molar-refractivity contribution in [3.8, 4) is 0 Å². The number of rotatable bonds is 5. The van der Waals surface area contributed by atoms with Gasteiger partial charge in [0.15, 0.2) is 9.84 Å². The monoisotopic (exact) mass is 310 g/mol. The second kappa shape index (κ2) is 6.15. The van der Waals surface area contributed by atoms with Crippen molar-refractivity contribution in [1.29, 1.82) is 0 Å². The molecule has 1 saturated heterocycles. The van der Waals surface area contributed by atoms with Gasteiger partial charge in [0.25, 0.3) is 0 Å². The summed E-state index contributed by atoms with van der Waals surface area (Å²) in [5.41, 5.74) is 0.548. The van der Waals surface area contributed by atoms with E-state index in [9.17, 15) is 13.2 Å². The van der Waals surface area contributed by atoms with Crippen LogP contribution in [0.25, 0.3) is 0 Å². The van der Waals surface area contributed by atoms with Crippen LogP contribution >= 0.6 is 0 Å². The van der Waals surface area contributed by atoms with Crippen molar-refractivity contribution in [3.63, 3.8) is 0 Å². The van der Waals surface area contributed by atoms with Crippen LogP contribution in [-0.4, -0.2) is 37.9 Å². The van der Waals surface area contributed by atoms with E-state index >= 15 is 0 Å². The maximum Gasteiger partial charge on any atom is 0.234 e. The number of sulfone groups is 1. The van der Waals surface area contributed by atoms with Gasteiger partial charge in [-0.2, -0.15) is 0 Å². The third-order valence-electron chi connectivity index (χ3n) is 3.86. The maximum atomic E-state index is 12.0. The molecule has 2 atom stereocenters. The summed E-state index contributed by atoms with van der Waals surface area (Å²) in [6.45, 7) is 3.91. The molecule has 116 valence electrons. The van der Waals surface area contributed by atoms with Crippen molar-refractivity contribution in [2.75, 3.05) is 18.1 Å². The molecule has 2 unspecified atom stereocenters. The van der Waals surface area contributed by atoms with Gasteiger partial charge in [-0.3, -0.25) is 4.79 Å². The Hall–Kier alpha value is -1.40. The van der Waals surface area contributed by atoms with Crippen LogP contribution in [0, 0.1) is 0 Å². The third-order valence-corrected chi connectivity index (χ3v) is 5.76. The van der Waals surface area contributed by atoms with Gasteiger partial charge in [0.1, 0.15) is 0 Å². The van der Waals surface area contributed by atoms with E-state index in [1.807, 2.05) is 44.2 Å². The highest BCUT2D eigenvalue weighted by Crippen LogP contribution is 2.22. The van der Waals surface area contributed by atoms with Crippen molar-refractivity contribution >= 4 is 15.7 Å². The molecule has 1 fully saturated rings. The van der Waals surface area contributed by atoms with E-state index in [2.05, 4.69) is 10.6 Å². The molecule has 1 aromatic rings. The summed E-state index contributed by atoms with van der Waals surface area (Å²) in [6, 6.07) is 9.65. The Morgan fingerprint density at radius 1 is 1.33 bits per heavy atom. The predicted octanol–water partition coefficient (Wildman–Crippen LogP) is 1.03. The molecule has 0 aliphatic carbocycles. The van der Waals surface area contributed by atoms with Gasteiger partial charge in [-0.05, 0) is 25.8 Å². The van der Waals surface area contributed by atoms with E-state index in [-0.39, 0.29) is 30.0 Å². The number of amides is 1. The Balaban J connectivity index is 1.83. The molecular weight excluding hydrogens is 288 g/mol. The fourth-order valence-corrected chi connectivity index (χ4v) is 4.68. The molecule has 0 saturated carbocycles. The first-order chi connectivity index (χ1) is 9.80. The molecule has 1 aromatic carbocycles. The van der Waals surface area contributed by atoms with Crippen molar-refractivity contribution in [1.82, 2.24) is 10.6 Å². The highest BCUT2D eigenvalue weighted by atomic mass is 32.2. The van der Waals surface area contributed by atoms with E-state index < -0.39 is 15.4 Å². The number of hydrogen-bond acceptors (Lipinski definition) is 4. The Kier molecular flexibility index (Phi) is 4.68. The molecule has 6 heteroatoms. The van der Waals surface area contributed by atoms with Crippen LogP contribution in [0.3, 0.4) is 0 Å². The lowest BCUT2D eigenvalue weighted by atomic mass is 10.0. The molecule has 0 aromatic heterocycles. The Morgan fingerprint density at radius 2 is 2.00 bits per heavy atom. The summed E-state index contributed by atoms with van der Waals surface area (Å²) in [5, 5.41) is 5.99. The van der Waals surface area contributed by atoms with Crippen LogP contribution in [0.5, 0.6) is 0 Å². The standard InChI is InChI=1S/C15H22N2O3S/c1-12(13-6-4-3-5-7-13)17-14(18)10-16-15(2)8-9-21(19,20)11-15/h3-7,12,16H,8-11H2,1-2H3,(H,17,18). The van der Waals surface area contributed by atoms with E-state index in [0.717, 1.165) is 5.56 Å². The molecule has 5 nitrogen and oxygen atoms in total. The molecule has 1 aliphatic rings. The first kappa shape index (κ1) is 16.0. The summed E-state index contributed by atoms with van der Waals surface area (Å²) in [4.78, 5) is 12.0. The zero-order chi connectivity index (χ0) is 15.5. The van der Waals surface area contributed by atoms with Gasteiger partial charge >= 0.3 is 0 Å². The molecule has 21 heavy (non-hydrogen) atoms. The van der Waals surface area contributed by atoms with Gasteiger partial charge < -0.3 is 10.6 Å². The van der Waals surface area contributed by atoms with Gasteiger partial charge in [-0.15, -0.1) is 0 Å². The first-order valence-corrected chi connectivity index (χ1v) is 8.92. The zero-order valence-corrected chi connectivity index (χ0v) is 13.2. The van der Waals surface area contributed by atoms with Crippen LogP contribution < -0.4 is 10.6 Å². The molecule has 0 bridgehead atoms. The minimum Gasteiger partial charge on any atom is -0.348 e. The molecule has 1 aliphatic heterocycles. The largest absolute Gasteiger partial charge is 0.348 e. The van der Waals surface area contributed by atoms with Crippen LogP contribution in [-0.2, 0) is 14.6 Å². The molecule has 0 spiro atoms. The lowest BCUT2D eigenvalue weighted by Gasteiger charge is -2.24. The fraction of sp³-hybridized carbons (Fsp3) is 0.533. The second-order valence-electron chi connectivity index (χ2n) is 5.96. The minimum atomic E-state index is -2.96. The molecule has 1 amide bonds. The predicted molar refractivity (Wildman–Crippen MR) is 82.7 cm³/mol. The number of benzene rings is 1. The molecule has 2 rings (SSSR count). The minimum absolute atomic E-state index is 0.0689. The quantitative estimate of drug-likeness (QED) is 0.852. The number of nitrogens with one attached hydrogen (secondary N) is 2. The maximum absolute atomic E-state index is 12.0. The smallest absolute Gasteiger partial charge is 0.234 e. The number of hydrogen-bond donors (Lipinski definition) is 2. The Bertz CT molecular complexity index is 601. The van der Waals surface area contributed by atoms with E-state index in [0.29, 0.717) is 6.42 Å². The van der Waals surface area contributed by atoms with Gasteiger partial charge in [-0.1, -0.05) is 30.3 Å². The van der Waals surface area contributed by atoms with E-state index in [1.54, 1.807) is 0 Å². The van der Waals surface area contributed by atoms with Gasteiger partial charge in [-0.25, -0.2) is 8.42 Å².